The van der Waals surface area contributed by atoms with Crippen molar-refractivity contribution in [1.29, 1.82) is 0 Å². The van der Waals surface area contributed by atoms with Crippen molar-refractivity contribution in [2.45, 2.75) is 288 Å². The van der Waals surface area contributed by atoms with E-state index >= 15 is 26.3 Å². The van der Waals surface area contributed by atoms with E-state index < -0.39 is 227 Å². The van der Waals surface area contributed by atoms with Gasteiger partial charge in [-0.1, -0.05) is 101 Å². The first-order chi connectivity index (χ1) is 63.3. The summed E-state index contributed by atoms with van der Waals surface area (Å²) in [6, 6.07) is 7.79. The zero-order valence-corrected chi connectivity index (χ0v) is 83.7. The van der Waals surface area contributed by atoms with Gasteiger partial charge in [0.05, 0.1) is 92.4 Å². The molecule has 3 aromatic heterocycles. The molecular weight excluding hydrogens is 1910 g/mol. The molecule has 4 saturated carbocycles. The van der Waals surface area contributed by atoms with Crippen molar-refractivity contribution in [2.75, 3.05) is 60.8 Å². The number of hydrogen-bond acceptors (Lipinski definition) is 27. The Morgan fingerprint density at radius 1 is 0.409 bits per heavy atom. The van der Waals surface area contributed by atoms with Gasteiger partial charge in [0.2, 0.25) is 35.4 Å². The van der Waals surface area contributed by atoms with Gasteiger partial charge < -0.3 is 102 Å². The summed E-state index contributed by atoms with van der Waals surface area (Å²) in [7, 11) is 4.43. The number of ether oxygens (including phenoxy) is 12. The molecular formula is C95H119F6N12O21V3-3. The molecule has 6 aliphatic heterocycles. The van der Waals surface area contributed by atoms with Crippen LogP contribution in [-0.4, -0.2) is 251 Å². The summed E-state index contributed by atoms with van der Waals surface area (Å²) in [5, 5.41) is 8.19. The fourth-order valence-electron chi connectivity index (χ4n) is 19.3. The predicted molar refractivity (Wildman–Crippen MR) is 470 cm³/mol. The minimum atomic E-state index is -3.45. The Labute approximate surface area is 827 Å². The Morgan fingerprint density at radius 2 is 0.759 bits per heavy atom. The van der Waals surface area contributed by atoms with Crippen molar-refractivity contribution in [2.24, 2.45) is 45.8 Å². The van der Waals surface area contributed by atoms with E-state index in [4.69, 9.17) is 56.8 Å². The molecule has 745 valence electrons. The Hall–Kier alpha value is -9.08. The molecule has 16 rings (SSSR count). The van der Waals surface area contributed by atoms with Crippen molar-refractivity contribution in [3.63, 3.8) is 0 Å². The molecule has 10 aliphatic rings. The average Bonchev–Trinajstić information content (AvgIpc) is 1.61. The largest absolute Gasteiger partial charge is 0.540 e. The van der Waals surface area contributed by atoms with Crippen LogP contribution in [0.4, 0.5) is 40.7 Å². The van der Waals surface area contributed by atoms with Crippen LogP contribution in [-0.2, 0) is 131 Å². The molecule has 7 fully saturated rings. The van der Waals surface area contributed by atoms with Gasteiger partial charge in [-0.15, -0.1) is 0 Å². The number of alkyl halides is 6. The molecule has 6 aromatic rings. The number of alkyl carbamates (subject to hydrolysis) is 3. The molecule has 20 atom stereocenters. The number of carbonyl (C=O) groups excluding carboxylic acids is 9. The molecule has 9 heterocycles. The van der Waals surface area contributed by atoms with Crippen LogP contribution in [0.15, 0.2) is 54.6 Å². The van der Waals surface area contributed by atoms with Crippen LogP contribution in [0.2, 0.25) is 0 Å². The number of carbonyl (C=O) groups is 6. The summed E-state index contributed by atoms with van der Waals surface area (Å²) in [5.41, 5.74) is -3.69. The maximum absolute atomic E-state index is 16.0. The molecule has 137 heavy (non-hydrogen) atoms. The first-order valence-corrected chi connectivity index (χ1v) is 45.8. The van der Waals surface area contributed by atoms with Crippen LogP contribution >= 0.6 is 0 Å². The minimum Gasteiger partial charge on any atom is -0.540 e. The average molecular weight is 2030 g/mol. The van der Waals surface area contributed by atoms with Gasteiger partial charge >= 0.3 is 18.3 Å². The third kappa shape index (κ3) is 23.9. The minimum absolute atomic E-state index is 0. The van der Waals surface area contributed by atoms with Crippen molar-refractivity contribution in [1.82, 2.24) is 60.6 Å². The fraction of sp³-hybridized carbons (Fsp3) is 0.653. The first-order valence-electron chi connectivity index (χ1n) is 45.8. The van der Waals surface area contributed by atoms with E-state index in [1.165, 1.54) is 36.0 Å². The topological polar surface area (TPSA) is 388 Å². The van der Waals surface area contributed by atoms with E-state index in [-0.39, 0.29) is 159 Å². The second-order valence-corrected chi connectivity index (χ2v) is 40.1. The third-order valence-corrected chi connectivity index (χ3v) is 27.3. The molecule has 42 heteroatoms. The molecule has 0 spiro atoms. The SMILES string of the molecule is COc1ccc2nc3c(nc2c1)O[C@H]1CN(C(=O)[C@H](C(C)(C)C)NC(=O)O[C@@H]2CC4CC4[C@H]2OCCCC3(F)F)[C@H]([C-]=O)[C@@H]1C.COc1ccc2nc3c(nc2c1)O[C@H]1CN(C(=O)[C@H](C(C)(C)C)NC(=O)O[C@@H]2CCC[C@H]2OCCCC3(F)F)[C@H]([C-]=O)[C@@H]1C.COc1ccc2nc3c(nc2c1)O[C@H]1CN(C(=O)[C@H](C(C)(C)C)NC(=O)O[C@]2(C)CCC[C@H]2OCCCC3(F)F)[C@H]([C-]=O)[C@@H]1C.[V].[V].[V]. The van der Waals surface area contributed by atoms with Crippen molar-refractivity contribution in [3.05, 3.63) is 71.7 Å². The summed E-state index contributed by atoms with van der Waals surface area (Å²) in [6.45, 7) is 22.5. The molecule has 2 unspecified atom stereocenters. The van der Waals surface area contributed by atoms with Gasteiger partial charge in [0.1, 0.15) is 71.5 Å². The van der Waals surface area contributed by atoms with Gasteiger partial charge in [-0.05, 0) is 160 Å². The first kappa shape index (κ1) is 108. The summed E-state index contributed by atoms with van der Waals surface area (Å²) in [5.74, 6) is -13.1. The van der Waals surface area contributed by atoms with Crippen LogP contribution in [0.3, 0.4) is 0 Å². The fourth-order valence-corrected chi connectivity index (χ4v) is 19.3. The van der Waals surface area contributed by atoms with Gasteiger partial charge in [-0.2, -0.15) is 26.3 Å². The van der Waals surface area contributed by atoms with Gasteiger partial charge in [-0.3, -0.25) is 14.4 Å². The summed E-state index contributed by atoms with van der Waals surface area (Å²) in [4.78, 5) is 148. The van der Waals surface area contributed by atoms with E-state index in [1.807, 2.05) is 18.9 Å². The number of benzene rings is 3. The molecule has 6 bridgehead atoms. The molecule has 4 aliphatic carbocycles. The molecule has 3 radical (unpaired) electrons. The van der Waals surface area contributed by atoms with Gasteiger partial charge in [0.15, 0.2) is 17.1 Å². The summed E-state index contributed by atoms with van der Waals surface area (Å²) >= 11 is 0. The van der Waals surface area contributed by atoms with E-state index in [1.54, 1.807) is 145 Å². The monoisotopic (exact) mass is 2030 g/mol. The van der Waals surface area contributed by atoms with Gasteiger partial charge in [0.25, 0.3) is 17.8 Å². The Kier molecular flexibility index (Phi) is 34.5. The van der Waals surface area contributed by atoms with E-state index in [0.29, 0.717) is 61.7 Å². The van der Waals surface area contributed by atoms with Gasteiger partial charge in [0, 0.05) is 113 Å². The number of nitrogens with zero attached hydrogens (tertiary/aromatic N) is 9. The number of methoxy groups -OCH3 is 3. The maximum atomic E-state index is 16.0. The summed E-state index contributed by atoms with van der Waals surface area (Å²) < 4.78 is 165. The predicted octanol–water partition coefficient (Wildman–Crippen LogP) is 13.2. The number of aromatic nitrogens is 6. The van der Waals surface area contributed by atoms with Crippen molar-refractivity contribution < 1.29 is 182 Å². The zero-order valence-electron chi connectivity index (χ0n) is 79.5. The standard InChI is InChI=1S/C32H39F2N4O7.C32H41F2N4O7.C31H39F2N4O7.3V/c1-16-22(15-39)38-14-24(16)44-28-26(35-20-8-7-18(42-5)13-21(20)36-28)32(33,34)9-6-10-43-25-19-11-17(19)12-23(25)45-30(41)37-27(29(38)40)31(2,3)4;1-18-22(17-39)38-16-23(18)44-27-25(35-20-11-10-19(42-6)15-21(20)36-27)32(33,34)13-8-14-43-24-9-7-12-31(24,5)45-29(41)37-26(28(38)40)30(2,3)4;1-17-21(16-38)37-15-24(17)43-27-25(34-19-11-10-18(41-5)14-20(19)35-27)31(32,33)12-7-13-42-22-8-6-9-23(22)44-29(40)36-26(28(37)39)30(2,3)4;;;/h7-8,13,16-17,19,22-25,27H,6,9-12,14H2,1-5H3,(H,37,41);10-11,15,18,22-24,26H,7-9,12-14,16H2,1-6H3,(H,37,41);10-11,14,17,21-24,26H,6-9,12-13,15H2,1-5H3,(H,36,40);;;/q3*-1;;;/t16-,17?,19?,22+,23+,24-,25+,27+;18-,22+,23-,24+,26+,31+;17-,21+,22+,23+,24-,26+;;;/m000.../s1. The van der Waals surface area contributed by atoms with Crippen LogP contribution in [0.1, 0.15) is 197 Å². The molecule has 3 N–H and O–H groups in total. The molecule has 3 saturated heterocycles. The number of hydrogen-bond donors (Lipinski definition) is 3. The van der Waals surface area contributed by atoms with E-state index in [0.717, 1.165) is 12.8 Å². The number of halogens is 6. The van der Waals surface area contributed by atoms with Crippen LogP contribution in [0.25, 0.3) is 33.1 Å². The van der Waals surface area contributed by atoms with Crippen LogP contribution in [0, 0.1) is 45.8 Å². The van der Waals surface area contributed by atoms with Crippen LogP contribution in [0.5, 0.6) is 34.9 Å². The molecule has 6 amide bonds. The van der Waals surface area contributed by atoms with Crippen molar-refractivity contribution >= 4 is 88.0 Å². The second-order valence-electron chi connectivity index (χ2n) is 40.1. The third-order valence-electron chi connectivity index (χ3n) is 27.3. The number of rotatable bonds is 6. The van der Waals surface area contributed by atoms with Crippen LogP contribution < -0.4 is 44.4 Å². The zero-order chi connectivity index (χ0) is 96.8. The Morgan fingerprint density at radius 3 is 1.12 bits per heavy atom. The Bertz CT molecular complexity index is 5260. The molecule has 33 nitrogen and oxygen atoms in total. The second kappa shape index (κ2) is 43.6. The normalized spacial score (nSPS) is 30.8. The van der Waals surface area contributed by atoms with E-state index in [9.17, 15) is 43.2 Å². The summed E-state index contributed by atoms with van der Waals surface area (Å²) in [6.07, 6.45) is 1.66. The van der Waals surface area contributed by atoms with Gasteiger partial charge in [-0.25, -0.2) is 63.1 Å². The molecule has 3 aromatic carbocycles. The quantitative estimate of drug-likeness (QED) is 0.0792. The number of nitrogens with one attached hydrogen (secondary N) is 3. The van der Waals surface area contributed by atoms with Crippen molar-refractivity contribution in [3.8, 4) is 34.9 Å². The number of fused-ring (bicyclic) bond motifs is 17. The maximum Gasteiger partial charge on any atom is 0.408 e. The Balaban J connectivity index is 0.000000195. The van der Waals surface area contributed by atoms with E-state index in [2.05, 4.69) is 45.9 Å². The smallest absolute Gasteiger partial charge is 0.408 e. The number of amides is 6.